The van der Waals surface area contributed by atoms with Crippen molar-refractivity contribution in [1.29, 1.82) is 0 Å². The SMILES string of the molecule is CC1(C)C(N=C2C(=S)C3CCCCC3C2=S)=Cc2cc3sc4cc5c(cc4c3cc21)C(C)(C)C(N=C1C(=S)C2CCCCC2C1=S)=C5. The average Bonchev–Trinajstić information content (AvgIpc) is 3.75. The standard InChI is InChI=1S/C40H38N2S5/c1-39(2)27-17-25-26-18-28-20(16-32(40(28,3)4)42-34-37(45)23-11-7-8-12-24(23)38(34)46)14-30(26)47-29(25)13-19(27)15-31(39)41-33-35(43)21-9-5-6-10-22(21)36(33)44/h13-18,21-24H,5-12H2,1-4H3. The van der Waals surface area contributed by atoms with Gasteiger partial charge in [-0.05, 0) is 84.4 Å². The molecule has 47 heavy (non-hydrogen) atoms. The van der Waals surface area contributed by atoms with E-state index in [4.69, 9.17) is 58.9 Å². The summed E-state index contributed by atoms with van der Waals surface area (Å²) in [5, 5.41) is 2.63. The normalized spacial score (nSPS) is 28.9. The second-order valence-corrected chi connectivity index (χ2v) is 18.5. The summed E-state index contributed by atoms with van der Waals surface area (Å²) in [6, 6.07) is 9.61. The minimum absolute atomic E-state index is 0.236. The van der Waals surface area contributed by atoms with Crippen LogP contribution in [-0.2, 0) is 10.8 Å². The van der Waals surface area contributed by atoms with Crippen LogP contribution in [0.25, 0.3) is 32.3 Å². The summed E-state index contributed by atoms with van der Waals surface area (Å²) < 4.78 is 2.63. The molecule has 0 radical (unpaired) electrons. The van der Waals surface area contributed by atoms with Gasteiger partial charge in [0, 0.05) is 74.1 Å². The van der Waals surface area contributed by atoms with Gasteiger partial charge >= 0.3 is 0 Å². The number of rotatable bonds is 2. The smallest absolute Gasteiger partial charge is 0.0918 e. The summed E-state index contributed by atoms with van der Waals surface area (Å²) >= 11 is 25.8. The Kier molecular flexibility index (Phi) is 7.01. The molecule has 0 N–H and O–H groups in total. The zero-order valence-corrected chi connectivity index (χ0v) is 31.4. The Morgan fingerprint density at radius 1 is 0.553 bits per heavy atom. The molecule has 4 unspecified atom stereocenters. The predicted molar refractivity (Wildman–Crippen MR) is 217 cm³/mol. The lowest BCUT2D eigenvalue weighted by Gasteiger charge is -2.23. The molecule has 6 aliphatic rings. The number of benzene rings is 2. The van der Waals surface area contributed by atoms with Crippen LogP contribution in [-0.4, -0.2) is 30.9 Å². The number of thiophene rings is 1. The molecule has 6 aliphatic carbocycles. The first-order chi connectivity index (χ1) is 22.4. The molecule has 7 heteroatoms. The highest BCUT2D eigenvalue weighted by Crippen LogP contribution is 2.50. The molecule has 0 spiro atoms. The van der Waals surface area contributed by atoms with Gasteiger partial charge in [0.15, 0.2) is 0 Å². The lowest BCUT2D eigenvalue weighted by atomic mass is 9.82. The Balaban J connectivity index is 1.09. The van der Waals surface area contributed by atoms with E-state index in [1.807, 2.05) is 11.3 Å². The van der Waals surface area contributed by atoms with Gasteiger partial charge in [-0.2, -0.15) is 0 Å². The Morgan fingerprint density at radius 2 is 0.894 bits per heavy atom. The van der Waals surface area contributed by atoms with Crippen LogP contribution < -0.4 is 0 Å². The fourth-order valence-corrected chi connectivity index (χ4v) is 12.5. The maximum Gasteiger partial charge on any atom is 0.0918 e. The van der Waals surface area contributed by atoms with Crippen LogP contribution in [0.4, 0.5) is 0 Å². The van der Waals surface area contributed by atoms with Gasteiger partial charge in [0.05, 0.1) is 22.8 Å². The van der Waals surface area contributed by atoms with E-state index in [1.165, 1.54) is 68.1 Å². The molecule has 0 bridgehead atoms. The van der Waals surface area contributed by atoms with Gasteiger partial charge in [0.1, 0.15) is 0 Å². The molecule has 9 rings (SSSR count). The Bertz CT molecular complexity index is 1950. The molecule has 4 fully saturated rings. The van der Waals surface area contributed by atoms with Gasteiger partial charge in [0.25, 0.3) is 0 Å². The van der Waals surface area contributed by atoms with Crippen molar-refractivity contribution < 1.29 is 0 Å². The monoisotopic (exact) mass is 706 g/mol. The van der Waals surface area contributed by atoms with Crippen molar-refractivity contribution >= 4 is 123 Å². The topological polar surface area (TPSA) is 24.7 Å². The van der Waals surface area contributed by atoms with Gasteiger partial charge in [-0.3, -0.25) is 9.98 Å². The highest BCUT2D eigenvalue weighted by atomic mass is 32.1. The van der Waals surface area contributed by atoms with Crippen molar-refractivity contribution in [2.75, 3.05) is 0 Å². The maximum absolute atomic E-state index is 5.99. The number of hydrogen-bond donors (Lipinski definition) is 0. The summed E-state index contributed by atoms with van der Waals surface area (Å²) in [4.78, 5) is 14.6. The summed E-state index contributed by atoms with van der Waals surface area (Å²) in [6.07, 6.45) is 14.2. The maximum atomic E-state index is 5.99. The largest absolute Gasteiger partial charge is 0.250 e. The zero-order valence-electron chi connectivity index (χ0n) is 27.4. The molecule has 0 aliphatic heterocycles. The molecule has 1 heterocycles. The van der Waals surface area contributed by atoms with E-state index in [1.54, 1.807) is 0 Å². The second kappa shape index (κ2) is 10.7. The van der Waals surface area contributed by atoms with E-state index in [-0.39, 0.29) is 10.8 Å². The van der Waals surface area contributed by atoms with Gasteiger partial charge in [0.2, 0.25) is 0 Å². The van der Waals surface area contributed by atoms with E-state index < -0.39 is 0 Å². The van der Waals surface area contributed by atoms with Crippen LogP contribution in [0.3, 0.4) is 0 Å². The third-order valence-corrected chi connectivity index (χ3v) is 15.4. The summed E-state index contributed by atoms with van der Waals surface area (Å²) in [6.45, 7) is 9.20. The summed E-state index contributed by atoms with van der Waals surface area (Å²) in [5.41, 5.74) is 8.70. The van der Waals surface area contributed by atoms with Crippen molar-refractivity contribution in [3.8, 4) is 0 Å². The van der Waals surface area contributed by atoms with Crippen LogP contribution in [0.2, 0.25) is 0 Å². The van der Waals surface area contributed by atoms with Gasteiger partial charge in [-0.1, -0.05) is 102 Å². The number of hydrogen-bond acceptors (Lipinski definition) is 7. The molecular formula is C40H38N2S5. The van der Waals surface area contributed by atoms with E-state index in [0.29, 0.717) is 23.7 Å². The summed E-state index contributed by atoms with van der Waals surface area (Å²) in [7, 11) is 0. The fourth-order valence-electron chi connectivity index (χ4n) is 9.42. The molecule has 238 valence electrons. The van der Waals surface area contributed by atoms with E-state index in [0.717, 1.165) is 68.0 Å². The van der Waals surface area contributed by atoms with Crippen LogP contribution >= 0.6 is 60.2 Å². The second-order valence-electron chi connectivity index (χ2n) is 15.7. The molecule has 2 nitrogen and oxygen atoms in total. The van der Waals surface area contributed by atoms with Gasteiger partial charge < -0.3 is 0 Å². The Morgan fingerprint density at radius 3 is 1.23 bits per heavy atom. The molecule has 2 aromatic carbocycles. The molecule has 3 aromatic rings. The molecular weight excluding hydrogens is 669 g/mol. The highest BCUT2D eigenvalue weighted by Gasteiger charge is 2.45. The molecule has 4 saturated carbocycles. The van der Waals surface area contributed by atoms with E-state index >= 15 is 0 Å². The van der Waals surface area contributed by atoms with Crippen LogP contribution in [0, 0.1) is 23.7 Å². The summed E-state index contributed by atoms with van der Waals surface area (Å²) in [5.74, 6) is 1.66. The van der Waals surface area contributed by atoms with Crippen LogP contribution in [0.1, 0.15) is 101 Å². The number of aliphatic imine (C=N–C) groups is 2. The first-order valence-electron chi connectivity index (χ1n) is 17.3. The number of fused-ring (bicyclic) bond motifs is 7. The Labute approximate surface area is 302 Å². The van der Waals surface area contributed by atoms with Gasteiger partial charge in [-0.25, -0.2) is 0 Å². The minimum Gasteiger partial charge on any atom is -0.250 e. The fraction of sp³-hybridized carbons (Fsp3) is 0.450. The molecule has 4 atom stereocenters. The van der Waals surface area contributed by atoms with Crippen LogP contribution in [0.5, 0.6) is 0 Å². The van der Waals surface area contributed by atoms with Crippen molar-refractivity contribution in [1.82, 2.24) is 0 Å². The highest BCUT2D eigenvalue weighted by molar-refractivity contribution is 7.86. The predicted octanol–water partition coefficient (Wildman–Crippen LogP) is 11.3. The first kappa shape index (κ1) is 30.9. The number of allylic oxidation sites excluding steroid dienone is 2. The lowest BCUT2D eigenvalue weighted by molar-refractivity contribution is 0.391. The van der Waals surface area contributed by atoms with E-state index in [2.05, 4.69) is 64.1 Å². The van der Waals surface area contributed by atoms with E-state index in [9.17, 15) is 0 Å². The number of nitrogens with zero attached hydrogens (tertiary/aromatic N) is 2. The van der Waals surface area contributed by atoms with Crippen molar-refractivity contribution in [2.45, 2.75) is 89.9 Å². The van der Waals surface area contributed by atoms with Crippen LogP contribution in [0.15, 0.2) is 45.6 Å². The third kappa shape index (κ3) is 4.42. The molecule has 0 amide bonds. The average molecular weight is 707 g/mol. The van der Waals surface area contributed by atoms with Gasteiger partial charge in [-0.15, -0.1) is 11.3 Å². The first-order valence-corrected chi connectivity index (χ1v) is 19.7. The third-order valence-electron chi connectivity index (χ3n) is 12.3. The lowest BCUT2D eigenvalue weighted by Crippen LogP contribution is -2.20. The minimum atomic E-state index is -0.236. The Hall–Kier alpha value is -2.16. The van der Waals surface area contributed by atoms with Crippen molar-refractivity contribution in [3.63, 3.8) is 0 Å². The van der Waals surface area contributed by atoms with Crippen molar-refractivity contribution in [2.24, 2.45) is 33.7 Å². The number of thiocarbonyl (C=S) groups is 4. The molecule has 0 saturated heterocycles. The van der Waals surface area contributed by atoms with Crippen molar-refractivity contribution in [3.05, 3.63) is 57.9 Å². The quantitative estimate of drug-likeness (QED) is 0.248. The zero-order chi connectivity index (χ0) is 32.6. The molecule has 1 aromatic heterocycles.